The summed E-state index contributed by atoms with van der Waals surface area (Å²) in [5.74, 6) is 0. The Hall–Kier alpha value is -1.15. The molecule has 3 atom stereocenters. The lowest BCUT2D eigenvalue weighted by Gasteiger charge is -2.35. The third-order valence-electron chi connectivity index (χ3n) is 4.74. The van der Waals surface area contributed by atoms with Gasteiger partial charge in [-0.1, -0.05) is 18.2 Å². The molecule has 1 saturated heterocycles. The largest absolute Gasteiger partial charge is 0.373 e. The molecule has 1 aromatic rings. The van der Waals surface area contributed by atoms with Crippen molar-refractivity contribution in [3.8, 4) is 0 Å². The van der Waals surface area contributed by atoms with Crippen LogP contribution in [0.1, 0.15) is 26.3 Å². The Bertz CT molecular complexity index is 669. The van der Waals surface area contributed by atoms with E-state index in [-0.39, 0.29) is 18.2 Å². The molecule has 0 saturated carbocycles. The van der Waals surface area contributed by atoms with Gasteiger partial charge in [0.15, 0.2) is 0 Å². The van der Waals surface area contributed by atoms with Gasteiger partial charge in [-0.15, -0.1) is 0 Å². The molecule has 2 heterocycles. The van der Waals surface area contributed by atoms with Gasteiger partial charge in [-0.3, -0.25) is 0 Å². The van der Waals surface area contributed by atoms with Gasteiger partial charge >= 0.3 is 0 Å². The van der Waals surface area contributed by atoms with Crippen LogP contribution in [-0.4, -0.2) is 57.2 Å². The van der Waals surface area contributed by atoms with Crippen molar-refractivity contribution in [2.75, 3.05) is 31.1 Å². The van der Waals surface area contributed by atoms with Crippen molar-refractivity contribution in [3.05, 3.63) is 29.8 Å². The molecule has 1 fully saturated rings. The number of fused-ring (bicyclic) bond motifs is 1. The Labute approximate surface area is 145 Å². The lowest BCUT2D eigenvalue weighted by atomic mass is 10.2. The fourth-order valence-corrected chi connectivity index (χ4v) is 5.02. The molecule has 0 amide bonds. The average molecular weight is 353 g/mol. The number of hydrogen-bond acceptors (Lipinski definition) is 4. The van der Waals surface area contributed by atoms with Gasteiger partial charge in [-0.2, -0.15) is 12.7 Å². The Morgan fingerprint density at radius 3 is 2.62 bits per heavy atom. The number of anilines is 1. The van der Waals surface area contributed by atoms with Crippen molar-refractivity contribution in [1.82, 2.24) is 9.03 Å². The molecule has 0 radical (unpaired) electrons. The molecule has 1 aromatic carbocycles. The van der Waals surface area contributed by atoms with Gasteiger partial charge in [0.05, 0.1) is 12.2 Å². The summed E-state index contributed by atoms with van der Waals surface area (Å²) in [6.45, 7) is 8.02. The van der Waals surface area contributed by atoms with Crippen molar-refractivity contribution in [2.45, 2.75) is 45.4 Å². The number of rotatable bonds is 5. The van der Waals surface area contributed by atoms with E-state index in [0.29, 0.717) is 19.6 Å². The SMILES string of the molecule is C[C@@H]1CN(S(=O)(=O)NC[C@H](C)N2CCc3ccccc32)C[C@H](C)O1. The third kappa shape index (κ3) is 3.74. The maximum absolute atomic E-state index is 12.6. The monoisotopic (exact) mass is 353 g/mol. The topological polar surface area (TPSA) is 61.9 Å². The summed E-state index contributed by atoms with van der Waals surface area (Å²) in [5, 5.41) is 0. The molecular formula is C17H27N3O3S. The van der Waals surface area contributed by atoms with E-state index in [2.05, 4.69) is 34.7 Å². The maximum Gasteiger partial charge on any atom is 0.279 e. The smallest absolute Gasteiger partial charge is 0.279 e. The Morgan fingerprint density at radius 1 is 1.25 bits per heavy atom. The summed E-state index contributed by atoms with van der Waals surface area (Å²) < 4.78 is 35.1. The van der Waals surface area contributed by atoms with Crippen LogP contribution in [0.4, 0.5) is 5.69 Å². The van der Waals surface area contributed by atoms with Gasteiger partial charge in [0, 0.05) is 37.9 Å². The lowest BCUT2D eigenvalue weighted by Crippen LogP contribution is -2.53. The second-order valence-electron chi connectivity index (χ2n) is 6.85. The third-order valence-corrected chi connectivity index (χ3v) is 6.25. The Balaban J connectivity index is 1.61. The number of nitrogens with zero attached hydrogens (tertiary/aromatic N) is 2. The quantitative estimate of drug-likeness (QED) is 0.869. The van der Waals surface area contributed by atoms with E-state index in [9.17, 15) is 8.42 Å². The molecule has 6 nitrogen and oxygen atoms in total. The highest BCUT2D eigenvalue weighted by Gasteiger charge is 2.31. The van der Waals surface area contributed by atoms with Crippen LogP contribution >= 0.6 is 0 Å². The minimum absolute atomic E-state index is 0.0757. The van der Waals surface area contributed by atoms with Gasteiger partial charge in [0.2, 0.25) is 0 Å². The minimum atomic E-state index is -3.47. The van der Waals surface area contributed by atoms with Crippen LogP contribution in [0.2, 0.25) is 0 Å². The standard InChI is InChI=1S/C17H27N3O3S/c1-13(20-9-8-16-6-4-5-7-17(16)20)10-18-24(21,22)19-11-14(2)23-15(3)12-19/h4-7,13-15,18H,8-12H2,1-3H3/t13-,14-,15+/m0/s1. The van der Waals surface area contributed by atoms with Crippen LogP contribution in [0.25, 0.3) is 0 Å². The van der Waals surface area contributed by atoms with Crippen LogP contribution in [-0.2, 0) is 21.4 Å². The molecule has 7 heteroatoms. The molecule has 24 heavy (non-hydrogen) atoms. The van der Waals surface area contributed by atoms with Crippen LogP contribution in [0.15, 0.2) is 24.3 Å². The van der Waals surface area contributed by atoms with E-state index < -0.39 is 10.2 Å². The van der Waals surface area contributed by atoms with Crippen molar-refractivity contribution < 1.29 is 13.2 Å². The van der Waals surface area contributed by atoms with Gasteiger partial charge in [0.1, 0.15) is 0 Å². The minimum Gasteiger partial charge on any atom is -0.373 e. The van der Waals surface area contributed by atoms with Crippen LogP contribution in [0.3, 0.4) is 0 Å². The van der Waals surface area contributed by atoms with E-state index in [0.717, 1.165) is 13.0 Å². The van der Waals surface area contributed by atoms with Gasteiger partial charge < -0.3 is 9.64 Å². The van der Waals surface area contributed by atoms with Crippen LogP contribution in [0.5, 0.6) is 0 Å². The summed E-state index contributed by atoms with van der Waals surface area (Å²) in [6, 6.07) is 8.45. The molecule has 2 aliphatic rings. The van der Waals surface area contributed by atoms with Crippen molar-refractivity contribution in [2.24, 2.45) is 0 Å². The maximum atomic E-state index is 12.6. The fourth-order valence-electron chi connectivity index (χ4n) is 3.58. The Morgan fingerprint density at radius 2 is 1.92 bits per heavy atom. The summed E-state index contributed by atoms with van der Waals surface area (Å²) in [4.78, 5) is 2.28. The first kappa shape index (κ1) is 17.7. The van der Waals surface area contributed by atoms with E-state index in [1.807, 2.05) is 19.9 Å². The van der Waals surface area contributed by atoms with Crippen molar-refractivity contribution >= 4 is 15.9 Å². The first-order valence-electron chi connectivity index (χ1n) is 8.61. The molecule has 0 aromatic heterocycles. The first-order chi connectivity index (χ1) is 11.4. The normalized spacial score (nSPS) is 26.4. The van der Waals surface area contributed by atoms with Gasteiger partial charge in [-0.05, 0) is 38.8 Å². The van der Waals surface area contributed by atoms with E-state index in [4.69, 9.17) is 4.74 Å². The van der Waals surface area contributed by atoms with Crippen LogP contribution < -0.4 is 9.62 Å². The molecule has 0 unspecified atom stereocenters. The van der Waals surface area contributed by atoms with Crippen molar-refractivity contribution in [1.29, 1.82) is 0 Å². The van der Waals surface area contributed by atoms with Gasteiger partial charge in [0.25, 0.3) is 10.2 Å². The zero-order valence-corrected chi connectivity index (χ0v) is 15.4. The van der Waals surface area contributed by atoms with Crippen molar-refractivity contribution in [3.63, 3.8) is 0 Å². The second kappa shape index (κ2) is 7.00. The first-order valence-corrected chi connectivity index (χ1v) is 10.1. The fraction of sp³-hybridized carbons (Fsp3) is 0.647. The highest BCUT2D eigenvalue weighted by Crippen LogP contribution is 2.29. The number of hydrogen-bond donors (Lipinski definition) is 1. The molecule has 0 bridgehead atoms. The summed E-state index contributed by atoms with van der Waals surface area (Å²) in [7, 11) is -3.47. The highest BCUT2D eigenvalue weighted by atomic mass is 32.2. The molecule has 3 rings (SSSR count). The number of morpholine rings is 1. The predicted molar refractivity (Wildman–Crippen MR) is 95.5 cm³/mol. The van der Waals surface area contributed by atoms with E-state index >= 15 is 0 Å². The van der Waals surface area contributed by atoms with E-state index in [1.54, 1.807) is 0 Å². The Kier molecular flexibility index (Phi) is 5.15. The van der Waals surface area contributed by atoms with Gasteiger partial charge in [-0.25, -0.2) is 4.72 Å². The average Bonchev–Trinajstić information content (AvgIpc) is 2.96. The zero-order valence-electron chi connectivity index (χ0n) is 14.6. The molecular weight excluding hydrogens is 326 g/mol. The number of ether oxygens (including phenoxy) is 1. The summed E-state index contributed by atoms with van der Waals surface area (Å²) in [6.07, 6.45) is 0.868. The molecule has 2 aliphatic heterocycles. The summed E-state index contributed by atoms with van der Waals surface area (Å²) >= 11 is 0. The number of benzene rings is 1. The summed E-state index contributed by atoms with van der Waals surface area (Å²) in [5.41, 5.74) is 2.56. The molecule has 0 aliphatic carbocycles. The predicted octanol–water partition coefficient (Wildman–Crippen LogP) is 1.38. The van der Waals surface area contributed by atoms with Crippen LogP contribution in [0, 0.1) is 0 Å². The molecule has 1 N–H and O–H groups in total. The zero-order chi connectivity index (χ0) is 17.3. The highest BCUT2D eigenvalue weighted by molar-refractivity contribution is 7.87. The molecule has 0 spiro atoms. The van der Waals surface area contributed by atoms with E-state index in [1.165, 1.54) is 15.6 Å². The second-order valence-corrected chi connectivity index (χ2v) is 8.60. The number of nitrogens with one attached hydrogen (secondary N) is 1. The lowest BCUT2D eigenvalue weighted by molar-refractivity contribution is -0.0443. The number of para-hydroxylation sites is 1. The molecule has 134 valence electrons.